The van der Waals surface area contributed by atoms with E-state index >= 15 is 0 Å². The summed E-state index contributed by atoms with van der Waals surface area (Å²) in [5.74, 6) is 0.0856. The zero-order valence-electron chi connectivity index (χ0n) is 6.65. The van der Waals surface area contributed by atoms with E-state index in [4.69, 9.17) is 11.6 Å². The smallest absolute Gasteiger partial charge is 0.157 e. The fraction of sp³-hybridized carbons (Fsp3) is 0.625. The van der Waals surface area contributed by atoms with E-state index in [9.17, 15) is 4.79 Å². The molecule has 0 aliphatic carbocycles. The third kappa shape index (κ3) is 5.83. The molecule has 0 aliphatic heterocycles. The summed E-state index contributed by atoms with van der Waals surface area (Å²) in [4.78, 5) is 10.9. The summed E-state index contributed by atoms with van der Waals surface area (Å²) >= 11 is 5.22. The largest absolute Gasteiger partial charge is 0.295 e. The highest BCUT2D eigenvalue weighted by molar-refractivity contribution is 6.26. The van der Waals surface area contributed by atoms with Crippen LogP contribution < -0.4 is 0 Å². The molecule has 58 valence electrons. The summed E-state index contributed by atoms with van der Waals surface area (Å²) in [6.07, 6.45) is 1.95. The highest BCUT2D eigenvalue weighted by Gasteiger charge is 2.13. The Hall–Kier alpha value is -0.300. The van der Waals surface area contributed by atoms with Gasteiger partial charge in [0, 0.05) is 12.0 Å². The van der Waals surface area contributed by atoms with Crippen molar-refractivity contribution < 1.29 is 4.79 Å². The lowest BCUT2D eigenvalue weighted by molar-refractivity contribution is -0.116. The van der Waals surface area contributed by atoms with Crippen molar-refractivity contribution in [1.82, 2.24) is 0 Å². The molecule has 1 nitrogen and oxygen atoms in total. The summed E-state index contributed by atoms with van der Waals surface area (Å²) in [7, 11) is 0. The van der Waals surface area contributed by atoms with Crippen LogP contribution in [0.5, 0.6) is 0 Å². The standard InChI is InChI=1S/C8H13ClO/c1-8(2,3)6-7(10)4-5-9/h4-5H,6H2,1-3H3/b5-4+. The van der Waals surface area contributed by atoms with E-state index in [1.807, 2.05) is 20.8 Å². The van der Waals surface area contributed by atoms with Crippen molar-refractivity contribution in [2.24, 2.45) is 5.41 Å². The topological polar surface area (TPSA) is 17.1 Å². The van der Waals surface area contributed by atoms with Gasteiger partial charge in [-0.15, -0.1) is 0 Å². The molecule has 0 heterocycles. The van der Waals surface area contributed by atoms with Gasteiger partial charge < -0.3 is 0 Å². The van der Waals surface area contributed by atoms with Crippen LogP contribution in [0.15, 0.2) is 11.6 Å². The van der Waals surface area contributed by atoms with Gasteiger partial charge >= 0.3 is 0 Å². The van der Waals surface area contributed by atoms with Crippen molar-refractivity contribution in [2.75, 3.05) is 0 Å². The third-order valence-electron chi connectivity index (χ3n) is 0.953. The highest BCUT2D eigenvalue weighted by atomic mass is 35.5. The van der Waals surface area contributed by atoms with Gasteiger partial charge in [-0.3, -0.25) is 4.79 Å². The molecule has 0 N–H and O–H groups in total. The lowest BCUT2D eigenvalue weighted by atomic mass is 9.90. The molecule has 0 aromatic rings. The molecule has 0 aromatic carbocycles. The first-order valence-electron chi connectivity index (χ1n) is 3.25. The van der Waals surface area contributed by atoms with E-state index in [1.54, 1.807) is 0 Å². The van der Waals surface area contributed by atoms with Crippen LogP contribution in [-0.2, 0) is 4.79 Å². The number of rotatable bonds is 2. The first kappa shape index (κ1) is 9.70. The molecule has 0 rings (SSSR count). The Bertz CT molecular complexity index is 142. The normalized spacial score (nSPS) is 12.4. The minimum Gasteiger partial charge on any atom is -0.295 e. The zero-order valence-corrected chi connectivity index (χ0v) is 7.40. The molecular formula is C8H13ClO. The maximum absolute atomic E-state index is 10.9. The van der Waals surface area contributed by atoms with Crippen molar-refractivity contribution in [1.29, 1.82) is 0 Å². The Kier molecular flexibility index (Phi) is 3.66. The lowest BCUT2D eigenvalue weighted by Gasteiger charge is -2.14. The van der Waals surface area contributed by atoms with E-state index in [2.05, 4.69) is 0 Å². The van der Waals surface area contributed by atoms with E-state index in [-0.39, 0.29) is 11.2 Å². The summed E-state index contributed by atoms with van der Waals surface area (Å²) in [5, 5.41) is 0. The van der Waals surface area contributed by atoms with Crippen molar-refractivity contribution in [3.05, 3.63) is 11.6 Å². The average molecular weight is 161 g/mol. The predicted octanol–water partition coefficient (Wildman–Crippen LogP) is 2.74. The second-order valence-electron chi connectivity index (χ2n) is 3.50. The second kappa shape index (κ2) is 3.77. The maximum atomic E-state index is 10.9. The van der Waals surface area contributed by atoms with Gasteiger partial charge in [0.2, 0.25) is 0 Å². The predicted molar refractivity (Wildman–Crippen MR) is 44.1 cm³/mol. The molecule has 0 radical (unpaired) electrons. The summed E-state index contributed by atoms with van der Waals surface area (Å²) < 4.78 is 0. The van der Waals surface area contributed by atoms with Crippen molar-refractivity contribution >= 4 is 17.4 Å². The van der Waals surface area contributed by atoms with Gasteiger partial charge in [-0.1, -0.05) is 32.4 Å². The number of ketones is 1. The Balaban J connectivity index is 3.81. The van der Waals surface area contributed by atoms with Gasteiger partial charge in [0.15, 0.2) is 5.78 Å². The zero-order chi connectivity index (χ0) is 8.20. The lowest BCUT2D eigenvalue weighted by Crippen LogP contribution is -2.10. The average Bonchev–Trinajstić information content (AvgIpc) is 1.59. The van der Waals surface area contributed by atoms with Crippen LogP contribution in [0.1, 0.15) is 27.2 Å². The van der Waals surface area contributed by atoms with Crippen LogP contribution >= 0.6 is 11.6 Å². The van der Waals surface area contributed by atoms with Crippen molar-refractivity contribution in [3.8, 4) is 0 Å². The number of carbonyl (C=O) groups excluding carboxylic acids is 1. The quantitative estimate of drug-likeness (QED) is 0.568. The molecule has 0 bridgehead atoms. The monoisotopic (exact) mass is 160 g/mol. The Labute approximate surface area is 67.1 Å². The fourth-order valence-electron chi connectivity index (χ4n) is 0.652. The Morgan fingerprint density at radius 3 is 2.30 bits per heavy atom. The number of hydrogen-bond acceptors (Lipinski definition) is 1. The van der Waals surface area contributed by atoms with Crippen LogP contribution in [0.3, 0.4) is 0 Å². The van der Waals surface area contributed by atoms with Crippen molar-refractivity contribution in [2.45, 2.75) is 27.2 Å². The van der Waals surface area contributed by atoms with Crippen molar-refractivity contribution in [3.63, 3.8) is 0 Å². The maximum Gasteiger partial charge on any atom is 0.157 e. The molecule has 0 saturated heterocycles. The molecule has 0 amide bonds. The van der Waals surface area contributed by atoms with Crippen LogP contribution in [-0.4, -0.2) is 5.78 Å². The van der Waals surface area contributed by atoms with E-state index in [0.717, 1.165) is 0 Å². The molecule has 0 unspecified atom stereocenters. The molecular weight excluding hydrogens is 148 g/mol. The summed E-state index contributed by atoms with van der Waals surface area (Å²) in [6, 6.07) is 0. The second-order valence-corrected chi connectivity index (χ2v) is 3.75. The molecule has 0 spiro atoms. The van der Waals surface area contributed by atoms with Gasteiger partial charge in [-0.25, -0.2) is 0 Å². The number of allylic oxidation sites excluding steroid dienone is 1. The van der Waals surface area contributed by atoms with Crippen LogP contribution in [0, 0.1) is 5.41 Å². The Morgan fingerprint density at radius 2 is 2.00 bits per heavy atom. The van der Waals surface area contributed by atoms with Gasteiger partial charge in [-0.05, 0) is 11.5 Å². The molecule has 0 saturated carbocycles. The fourth-order valence-corrected chi connectivity index (χ4v) is 0.792. The van der Waals surface area contributed by atoms with Crippen LogP contribution in [0.2, 0.25) is 0 Å². The van der Waals surface area contributed by atoms with Gasteiger partial charge in [0.1, 0.15) is 0 Å². The minimum absolute atomic E-state index is 0.0630. The summed E-state index contributed by atoms with van der Waals surface area (Å²) in [6.45, 7) is 6.06. The number of hydrogen-bond donors (Lipinski definition) is 0. The summed E-state index contributed by atoms with van der Waals surface area (Å²) in [5.41, 5.74) is 1.32. The first-order valence-corrected chi connectivity index (χ1v) is 3.69. The first-order chi connectivity index (χ1) is 4.45. The van der Waals surface area contributed by atoms with Gasteiger partial charge in [-0.2, -0.15) is 0 Å². The third-order valence-corrected chi connectivity index (χ3v) is 1.08. The van der Waals surface area contributed by atoms with Gasteiger partial charge in [0.25, 0.3) is 0 Å². The van der Waals surface area contributed by atoms with E-state index in [0.29, 0.717) is 6.42 Å². The number of carbonyl (C=O) groups is 1. The molecule has 10 heavy (non-hydrogen) atoms. The van der Waals surface area contributed by atoms with E-state index in [1.165, 1.54) is 11.6 Å². The molecule has 2 heteroatoms. The molecule has 0 atom stereocenters. The highest BCUT2D eigenvalue weighted by Crippen LogP contribution is 2.18. The molecule has 0 aromatic heterocycles. The van der Waals surface area contributed by atoms with Crippen LogP contribution in [0.4, 0.5) is 0 Å². The Morgan fingerprint density at radius 1 is 1.50 bits per heavy atom. The number of halogens is 1. The van der Waals surface area contributed by atoms with Gasteiger partial charge in [0.05, 0.1) is 0 Å². The van der Waals surface area contributed by atoms with E-state index < -0.39 is 0 Å². The minimum atomic E-state index is 0.0630. The van der Waals surface area contributed by atoms with Crippen LogP contribution in [0.25, 0.3) is 0 Å². The molecule has 0 aliphatic rings. The SMILES string of the molecule is CC(C)(C)CC(=O)/C=C/Cl. The molecule has 0 fully saturated rings.